The topological polar surface area (TPSA) is 39.1 Å². The van der Waals surface area contributed by atoms with Gasteiger partial charge in [0.25, 0.3) is 0 Å². The molecule has 3 atom stereocenters. The molecule has 7 heteroatoms. The maximum atomic E-state index is 12.9. The number of fused-ring (bicyclic) bond motifs is 2. The average molecular weight is 317 g/mol. The second kappa shape index (κ2) is 6.10. The number of rotatable bonds is 5. The largest absolute Gasteiger partial charge is 0.474 e. The molecule has 2 bridgehead atoms. The fourth-order valence-corrected chi connectivity index (χ4v) is 3.47. The van der Waals surface area contributed by atoms with Gasteiger partial charge in [0.05, 0.1) is 0 Å². The zero-order valence-electron chi connectivity index (χ0n) is 12.7. The van der Waals surface area contributed by atoms with Gasteiger partial charge in [-0.05, 0) is 19.3 Å². The molecule has 0 amide bonds. The van der Waals surface area contributed by atoms with Crippen LogP contribution in [0.1, 0.15) is 38.3 Å². The monoisotopic (exact) mass is 317 g/mol. The van der Waals surface area contributed by atoms with E-state index in [4.69, 9.17) is 4.74 Å². The van der Waals surface area contributed by atoms with Crippen LogP contribution in [0.2, 0.25) is 0 Å². The van der Waals surface area contributed by atoms with Gasteiger partial charge in [-0.1, -0.05) is 13.3 Å². The molecule has 0 radical (unpaired) electrons. The predicted molar refractivity (Wildman–Crippen MR) is 75.6 cm³/mol. The Hall–Kier alpha value is -1.24. The number of piperidine rings is 1. The highest BCUT2D eigenvalue weighted by Crippen LogP contribution is 2.38. The molecule has 2 heterocycles. The van der Waals surface area contributed by atoms with E-state index in [9.17, 15) is 13.2 Å². The molecule has 1 aliphatic carbocycles. The van der Waals surface area contributed by atoms with Crippen LogP contribution in [0.15, 0.2) is 6.07 Å². The van der Waals surface area contributed by atoms with Crippen LogP contribution in [0.3, 0.4) is 0 Å². The number of alkyl halides is 3. The summed E-state index contributed by atoms with van der Waals surface area (Å²) in [6, 6.07) is 1.05. The van der Waals surface area contributed by atoms with Gasteiger partial charge in [0.15, 0.2) is 5.69 Å². The summed E-state index contributed by atoms with van der Waals surface area (Å²) < 4.78 is 46.1. The summed E-state index contributed by atoms with van der Waals surface area (Å²) in [6.07, 6.45) is -0.565. The molecular formula is C15H22F3N3O. The molecule has 1 N–H and O–H groups in total. The Bertz CT molecular complexity index is 499. The van der Waals surface area contributed by atoms with Crippen molar-refractivity contribution in [2.45, 2.75) is 51.4 Å². The van der Waals surface area contributed by atoms with E-state index in [2.05, 4.69) is 10.4 Å². The van der Waals surface area contributed by atoms with E-state index in [1.807, 2.05) is 6.92 Å². The number of nitrogens with one attached hydrogen (secondary N) is 1. The zero-order chi connectivity index (χ0) is 15.7. The minimum Gasteiger partial charge on any atom is -0.474 e. The summed E-state index contributed by atoms with van der Waals surface area (Å²) in [5.74, 6) is 1.05. The minimum atomic E-state index is -4.43. The van der Waals surface area contributed by atoms with Crippen molar-refractivity contribution in [2.24, 2.45) is 11.8 Å². The summed E-state index contributed by atoms with van der Waals surface area (Å²) in [4.78, 5) is 0. The third-order valence-electron chi connectivity index (χ3n) is 4.66. The number of hydrogen-bond acceptors (Lipinski definition) is 3. The van der Waals surface area contributed by atoms with Crippen molar-refractivity contribution in [1.82, 2.24) is 15.1 Å². The lowest BCUT2D eigenvalue weighted by molar-refractivity contribution is -0.141. The van der Waals surface area contributed by atoms with Crippen molar-refractivity contribution in [2.75, 3.05) is 13.1 Å². The number of aryl methyl sites for hydroxylation is 1. The summed E-state index contributed by atoms with van der Waals surface area (Å²) >= 11 is 0. The fourth-order valence-electron chi connectivity index (χ4n) is 3.47. The van der Waals surface area contributed by atoms with Gasteiger partial charge in [-0.2, -0.15) is 18.3 Å². The van der Waals surface area contributed by atoms with Crippen LogP contribution in [-0.2, 0) is 12.7 Å². The van der Waals surface area contributed by atoms with E-state index < -0.39 is 11.9 Å². The van der Waals surface area contributed by atoms with Gasteiger partial charge in [-0.3, -0.25) is 0 Å². The molecule has 2 fully saturated rings. The van der Waals surface area contributed by atoms with Crippen LogP contribution in [0.25, 0.3) is 0 Å². The molecular weight excluding hydrogens is 295 g/mol. The van der Waals surface area contributed by atoms with E-state index in [0.717, 1.165) is 44.8 Å². The first-order valence-electron chi connectivity index (χ1n) is 8.01. The third-order valence-corrected chi connectivity index (χ3v) is 4.66. The quantitative estimate of drug-likeness (QED) is 0.907. The molecule has 22 heavy (non-hydrogen) atoms. The second-order valence-corrected chi connectivity index (χ2v) is 6.28. The second-order valence-electron chi connectivity index (χ2n) is 6.28. The fraction of sp³-hybridized carbons (Fsp3) is 0.800. The molecule has 124 valence electrons. The van der Waals surface area contributed by atoms with Crippen molar-refractivity contribution in [3.05, 3.63) is 11.8 Å². The molecule has 1 unspecified atom stereocenters. The highest BCUT2D eigenvalue weighted by atomic mass is 19.4. The van der Waals surface area contributed by atoms with Gasteiger partial charge in [-0.25, -0.2) is 4.68 Å². The van der Waals surface area contributed by atoms with Gasteiger partial charge in [-0.15, -0.1) is 0 Å². The Morgan fingerprint density at radius 2 is 2.00 bits per heavy atom. The van der Waals surface area contributed by atoms with E-state index in [1.165, 1.54) is 4.68 Å². The molecule has 1 aromatic heterocycles. The van der Waals surface area contributed by atoms with Crippen molar-refractivity contribution >= 4 is 0 Å². The number of halogens is 3. The maximum absolute atomic E-state index is 12.9. The molecule has 4 nitrogen and oxygen atoms in total. The van der Waals surface area contributed by atoms with Gasteiger partial charge >= 0.3 is 6.18 Å². The van der Waals surface area contributed by atoms with Crippen LogP contribution >= 0.6 is 0 Å². The first-order valence-corrected chi connectivity index (χ1v) is 8.01. The molecule has 2 aliphatic rings. The van der Waals surface area contributed by atoms with Crippen LogP contribution in [-0.4, -0.2) is 29.0 Å². The van der Waals surface area contributed by atoms with Crippen LogP contribution in [0, 0.1) is 11.8 Å². The number of nitrogens with zero attached hydrogens (tertiary/aromatic N) is 2. The third kappa shape index (κ3) is 3.09. The van der Waals surface area contributed by atoms with Gasteiger partial charge < -0.3 is 10.1 Å². The van der Waals surface area contributed by atoms with Gasteiger partial charge in [0, 0.05) is 37.5 Å². The Labute approximate surface area is 128 Å². The summed E-state index contributed by atoms with van der Waals surface area (Å²) in [5, 5.41) is 7.06. The predicted octanol–water partition coefficient (Wildman–Crippen LogP) is 3.08. The highest BCUT2D eigenvalue weighted by molar-refractivity contribution is 5.19. The average Bonchev–Trinajstić information content (AvgIpc) is 2.95. The van der Waals surface area contributed by atoms with E-state index in [0.29, 0.717) is 18.4 Å². The lowest BCUT2D eigenvalue weighted by Crippen LogP contribution is -2.44. The van der Waals surface area contributed by atoms with Crippen molar-refractivity contribution in [3.63, 3.8) is 0 Å². The van der Waals surface area contributed by atoms with Crippen molar-refractivity contribution in [3.8, 4) is 5.88 Å². The lowest BCUT2D eigenvalue weighted by atomic mass is 9.96. The SMILES string of the molecule is CCCCn1nc(C(F)(F)F)cc1OC1[C@@H]2CC[C@H]1CNC2. The normalized spacial score (nSPS) is 28.1. The van der Waals surface area contributed by atoms with Crippen LogP contribution in [0.5, 0.6) is 5.88 Å². The molecule has 1 saturated carbocycles. The summed E-state index contributed by atoms with van der Waals surface area (Å²) in [7, 11) is 0. The first kappa shape index (κ1) is 15.6. The summed E-state index contributed by atoms with van der Waals surface area (Å²) in [6.45, 7) is 4.23. The smallest absolute Gasteiger partial charge is 0.435 e. The Morgan fingerprint density at radius 1 is 1.32 bits per heavy atom. The van der Waals surface area contributed by atoms with Crippen LogP contribution in [0.4, 0.5) is 13.2 Å². The number of aromatic nitrogens is 2. The number of unbranched alkanes of at least 4 members (excludes halogenated alkanes) is 1. The maximum Gasteiger partial charge on any atom is 0.435 e. The molecule has 0 spiro atoms. The highest BCUT2D eigenvalue weighted by Gasteiger charge is 2.42. The first-order chi connectivity index (χ1) is 10.5. The van der Waals surface area contributed by atoms with Gasteiger partial charge in [0.1, 0.15) is 6.10 Å². The van der Waals surface area contributed by atoms with Gasteiger partial charge in [0.2, 0.25) is 5.88 Å². The van der Waals surface area contributed by atoms with E-state index in [1.54, 1.807) is 0 Å². The zero-order valence-corrected chi connectivity index (χ0v) is 12.7. The Morgan fingerprint density at radius 3 is 2.59 bits per heavy atom. The molecule has 1 saturated heterocycles. The number of hydrogen-bond donors (Lipinski definition) is 1. The number of ether oxygens (including phenoxy) is 1. The summed E-state index contributed by atoms with van der Waals surface area (Å²) in [5.41, 5.74) is -0.861. The molecule has 3 rings (SSSR count). The Kier molecular flexibility index (Phi) is 4.34. The van der Waals surface area contributed by atoms with Crippen molar-refractivity contribution in [1.29, 1.82) is 0 Å². The molecule has 1 aliphatic heterocycles. The minimum absolute atomic E-state index is 0.0133. The molecule has 1 aromatic rings. The van der Waals surface area contributed by atoms with E-state index in [-0.39, 0.29) is 12.0 Å². The Balaban J connectivity index is 1.80. The molecule has 0 aromatic carbocycles. The standard InChI is InChI=1S/C15H22F3N3O/c1-2-3-6-21-13(7-12(20-21)15(16,17)18)22-14-10-4-5-11(14)9-19-8-10/h7,10-11,14,19H,2-6,8-9H2,1H3/t10-,11+,14?. The lowest BCUT2D eigenvalue weighted by Gasteiger charge is -2.31. The van der Waals surface area contributed by atoms with Crippen LogP contribution < -0.4 is 10.1 Å². The van der Waals surface area contributed by atoms with Crippen molar-refractivity contribution < 1.29 is 17.9 Å². The van der Waals surface area contributed by atoms with E-state index >= 15 is 0 Å².